The number of ether oxygens (including phenoxy) is 2. The van der Waals surface area contributed by atoms with Crippen LogP contribution in [-0.2, 0) is 11.4 Å². The quantitative estimate of drug-likeness (QED) is 0.270. The Balaban J connectivity index is 1.33. The number of benzene rings is 2. The summed E-state index contributed by atoms with van der Waals surface area (Å²) in [6, 6.07) is 19.1. The predicted octanol–water partition coefficient (Wildman–Crippen LogP) is 4.52. The molecule has 1 aromatic heterocycles. The van der Waals surface area contributed by atoms with Crippen molar-refractivity contribution in [3.8, 4) is 11.5 Å². The second-order valence-corrected chi connectivity index (χ2v) is 6.96. The zero-order chi connectivity index (χ0) is 21.9. The van der Waals surface area contributed by atoms with E-state index in [2.05, 4.69) is 34.9 Å². The molecule has 0 unspecified atom stereocenters. The summed E-state index contributed by atoms with van der Waals surface area (Å²) < 4.78 is 16.4. The highest BCUT2D eigenvalue weighted by atomic mass is 16.5. The normalized spacial score (nSPS) is 10.8. The SMILES string of the molecule is COc1ccc(OCc2ccc(/C=N\NC(=O)CCCNc3ccc(C)cc3)o2)cc1. The van der Waals surface area contributed by atoms with Crippen molar-refractivity contribution in [3.63, 3.8) is 0 Å². The topological polar surface area (TPSA) is 85.1 Å². The van der Waals surface area contributed by atoms with Gasteiger partial charge in [-0.1, -0.05) is 17.7 Å². The summed E-state index contributed by atoms with van der Waals surface area (Å²) in [7, 11) is 1.62. The van der Waals surface area contributed by atoms with Gasteiger partial charge in [-0.15, -0.1) is 0 Å². The van der Waals surface area contributed by atoms with Crippen LogP contribution in [0.15, 0.2) is 70.2 Å². The van der Waals surface area contributed by atoms with Crippen molar-refractivity contribution >= 4 is 17.8 Å². The first-order valence-electron chi connectivity index (χ1n) is 10.1. The summed E-state index contributed by atoms with van der Waals surface area (Å²) in [5.74, 6) is 2.54. The van der Waals surface area contributed by atoms with Crippen LogP contribution in [0.3, 0.4) is 0 Å². The second-order valence-electron chi connectivity index (χ2n) is 6.96. The Morgan fingerprint density at radius 1 is 1.03 bits per heavy atom. The van der Waals surface area contributed by atoms with Gasteiger partial charge in [0.05, 0.1) is 13.3 Å². The lowest BCUT2D eigenvalue weighted by molar-refractivity contribution is -0.121. The van der Waals surface area contributed by atoms with E-state index in [1.54, 1.807) is 13.2 Å². The zero-order valence-corrected chi connectivity index (χ0v) is 17.8. The first kappa shape index (κ1) is 22.0. The fourth-order valence-corrected chi connectivity index (χ4v) is 2.74. The lowest BCUT2D eigenvalue weighted by Gasteiger charge is -2.06. The monoisotopic (exact) mass is 421 g/mol. The van der Waals surface area contributed by atoms with Gasteiger partial charge in [-0.2, -0.15) is 5.10 Å². The molecule has 162 valence electrons. The van der Waals surface area contributed by atoms with Crippen LogP contribution in [0.1, 0.15) is 29.9 Å². The van der Waals surface area contributed by atoms with Gasteiger partial charge in [-0.3, -0.25) is 4.79 Å². The highest BCUT2D eigenvalue weighted by Crippen LogP contribution is 2.18. The van der Waals surface area contributed by atoms with Crippen LogP contribution >= 0.6 is 0 Å². The van der Waals surface area contributed by atoms with Crippen molar-refractivity contribution in [2.24, 2.45) is 5.10 Å². The summed E-state index contributed by atoms with van der Waals surface area (Å²) in [6.45, 7) is 3.06. The van der Waals surface area contributed by atoms with Crippen molar-refractivity contribution in [1.82, 2.24) is 5.43 Å². The van der Waals surface area contributed by atoms with E-state index >= 15 is 0 Å². The van der Waals surface area contributed by atoms with Gasteiger partial charge in [0.1, 0.15) is 29.6 Å². The molecule has 1 amide bonds. The van der Waals surface area contributed by atoms with Crippen LogP contribution in [-0.4, -0.2) is 25.8 Å². The average molecular weight is 421 g/mol. The van der Waals surface area contributed by atoms with Crippen LogP contribution in [0.5, 0.6) is 11.5 Å². The third-order valence-electron chi connectivity index (χ3n) is 4.47. The van der Waals surface area contributed by atoms with Crippen molar-refractivity contribution in [2.75, 3.05) is 19.0 Å². The van der Waals surface area contributed by atoms with E-state index in [1.165, 1.54) is 11.8 Å². The number of hydrazone groups is 1. The van der Waals surface area contributed by atoms with E-state index in [9.17, 15) is 4.79 Å². The summed E-state index contributed by atoms with van der Waals surface area (Å²) in [6.07, 6.45) is 2.57. The average Bonchev–Trinajstić information content (AvgIpc) is 3.24. The Morgan fingerprint density at radius 3 is 2.52 bits per heavy atom. The third kappa shape index (κ3) is 7.54. The summed E-state index contributed by atoms with van der Waals surface area (Å²) in [4.78, 5) is 11.9. The lowest BCUT2D eigenvalue weighted by Crippen LogP contribution is -2.18. The second kappa shape index (κ2) is 11.4. The number of nitrogens with one attached hydrogen (secondary N) is 2. The minimum absolute atomic E-state index is 0.142. The molecule has 1 heterocycles. The number of hydrogen-bond acceptors (Lipinski definition) is 6. The molecule has 0 aliphatic rings. The molecule has 2 N–H and O–H groups in total. The summed E-state index contributed by atoms with van der Waals surface area (Å²) in [5, 5.41) is 7.24. The Hall–Kier alpha value is -3.74. The van der Waals surface area contributed by atoms with Gasteiger partial charge in [0.2, 0.25) is 5.91 Å². The molecular weight excluding hydrogens is 394 g/mol. The molecule has 7 nitrogen and oxygen atoms in total. The van der Waals surface area contributed by atoms with E-state index < -0.39 is 0 Å². The maximum Gasteiger partial charge on any atom is 0.240 e. The maximum atomic E-state index is 11.9. The molecule has 0 fully saturated rings. The van der Waals surface area contributed by atoms with Crippen LogP contribution < -0.4 is 20.2 Å². The van der Waals surface area contributed by atoms with Gasteiger partial charge in [-0.25, -0.2) is 5.43 Å². The number of furan rings is 1. The first-order valence-corrected chi connectivity index (χ1v) is 10.1. The Kier molecular flexibility index (Phi) is 8.11. The molecule has 0 spiro atoms. The molecule has 0 atom stereocenters. The number of nitrogens with zero attached hydrogens (tertiary/aromatic N) is 1. The maximum absolute atomic E-state index is 11.9. The number of rotatable bonds is 11. The number of carbonyl (C=O) groups is 1. The van der Waals surface area contributed by atoms with Crippen LogP contribution in [0.2, 0.25) is 0 Å². The number of carbonyl (C=O) groups excluding carboxylic acids is 1. The highest BCUT2D eigenvalue weighted by molar-refractivity contribution is 5.80. The Bertz CT molecular complexity index is 979. The van der Waals surface area contributed by atoms with Gasteiger partial charge in [0, 0.05) is 18.7 Å². The first-order chi connectivity index (χ1) is 15.1. The summed E-state index contributed by atoms with van der Waals surface area (Å²) in [5.41, 5.74) is 4.78. The summed E-state index contributed by atoms with van der Waals surface area (Å²) >= 11 is 0. The molecule has 0 bridgehead atoms. The molecule has 2 aromatic carbocycles. The molecule has 0 saturated heterocycles. The molecule has 0 aliphatic heterocycles. The molecule has 0 radical (unpaired) electrons. The number of hydrogen-bond donors (Lipinski definition) is 2. The third-order valence-corrected chi connectivity index (χ3v) is 4.47. The Morgan fingerprint density at radius 2 is 1.77 bits per heavy atom. The van der Waals surface area contributed by atoms with E-state index in [4.69, 9.17) is 13.9 Å². The van der Waals surface area contributed by atoms with Crippen molar-refractivity contribution < 1.29 is 18.7 Å². The lowest BCUT2D eigenvalue weighted by atomic mass is 10.2. The molecule has 0 saturated carbocycles. The zero-order valence-electron chi connectivity index (χ0n) is 17.8. The number of aryl methyl sites for hydroxylation is 1. The number of anilines is 1. The van der Waals surface area contributed by atoms with E-state index in [-0.39, 0.29) is 5.91 Å². The molecule has 0 aliphatic carbocycles. The van der Waals surface area contributed by atoms with E-state index in [0.717, 1.165) is 23.7 Å². The van der Waals surface area contributed by atoms with Gasteiger partial charge < -0.3 is 19.2 Å². The standard InChI is InChI=1S/C24H27N3O4/c1-18-5-7-19(8-6-18)25-15-3-4-24(28)27-26-16-22-13-14-23(31-22)17-30-21-11-9-20(29-2)10-12-21/h5-14,16,25H,3-4,15,17H2,1-2H3,(H,27,28)/b26-16-. The molecule has 31 heavy (non-hydrogen) atoms. The van der Waals surface area contributed by atoms with Gasteiger partial charge in [0.25, 0.3) is 0 Å². The van der Waals surface area contributed by atoms with E-state index in [1.807, 2.05) is 42.5 Å². The van der Waals surface area contributed by atoms with Crippen LogP contribution in [0, 0.1) is 6.92 Å². The predicted molar refractivity (Wildman–Crippen MR) is 121 cm³/mol. The van der Waals surface area contributed by atoms with Crippen LogP contribution in [0.25, 0.3) is 0 Å². The number of methoxy groups -OCH3 is 1. The molecule has 3 rings (SSSR count). The fourth-order valence-electron chi connectivity index (χ4n) is 2.74. The number of amides is 1. The largest absolute Gasteiger partial charge is 0.497 e. The minimum Gasteiger partial charge on any atom is -0.497 e. The molecular formula is C24H27N3O4. The molecule has 7 heteroatoms. The smallest absolute Gasteiger partial charge is 0.240 e. The van der Waals surface area contributed by atoms with Gasteiger partial charge >= 0.3 is 0 Å². The highest BCUT2D eigenvalue weighted by Gasteiger charge is 2.03. The van der Waals surface area contributed by atoms with Crippen LogP contribution in [0.4, 0.5) is 5.69 Å². The van der Waals surface area contributed by atoms with Crippen molar-refractivity contribution in [2.45, 2.75) is 26.4 Å². The van der Waals surface area contributed by atoms with Gasteiger partial charge in [0.15, 0.2) is 0 Å². The van der Waals surface area contributed by atoms with Crippen molar-refractivity contribution in [1.29, 1.82) is 0 Å². The van der Waals surface area contributed by atoms with Gasteiger partial charge in [-0.05, 0) is 61.9 Å². The Labute approximate surface area is 182 Å². The fraction of sp³-hybridized carbons (Fsp3) is 0.250. The van der Waals surface area contributed by atoms with E-state index in [0.29, 0.717) is 31.0 Å². The molecule has 3 aromatic rings. The minimum atomic E-state index is -0.142. The van der Waals surface area contributed by atoms with Crippen molar-refractivity contribution in [3.05, 3.63) is 77.7 Å².